The van der Waals surface area contributed by atoms with E-state index in [4.69, 9.17) is 17.0 Å². The Morgan fingerprint density at radius 2 is 1.67 bits per heavy atom. The maximum absolute atomic E-state index is 12.1. The highest BCUT2D eigenvalue weighted by Crippen LogP contribution is 2.27. The lowest BCUT2D eigenvalue weighted by Gasteiger charge is -2.30. The van der Waals surface area contributed by atoms with Gasteiger partial charge >= 0.3 is 0 Å². The predicted octanol–water partition coefficient (Wildman–Crippen LogP) is 7.82. The molecule has 0 spiro atoms. The molecule has 2 N–H and O–H groups in total. The number of hydrogen-bond donors (Lipinski definition) is 2. The van der Waals surface area contributed by atoms with Gasteiger partial charge in [-0.05, 0) is 56.3 Å². The first-order valence-corrected chi connectivity index (χ1v) is 16.2. The third-order valence-corrected chi connectivity index (χ3v) is 6.03. The monoisotopic (exact) mass is 590 g/mol. The van der Waals surface area contributed by atoms with Crippen LogP contribution in [-0.2, 0) is 9.53 Å². The first kappa shape index (κ1) is 44.9. The molecule has 0 aromatic heterocycles. The topological polar surface area (TPSA) is 56.8 Å². The average molecular weight is 591 g/mol. The van der Waals surface area contributed by atoms with Gasteiger partial charge in [-0.1, -0.05) is 108 Å². The number of hydrogen-bond acceptors (Lipinski definition) is 5. The van der Waals surface area contributed by atoms with Crippen LogP contribution in [0.25, 0.3) is 0 Å². The Hall–Kier alpha value is -1.09. The quantitative estimate of drug-likeness (QED) is 0.132. The van der Waals surface area contributed by atoms with E-state index >= 15 is 0 Å². The van der Waals surface area contributed by atoms with Crippen molar-refractivity contribution in [2.75, 3.05) is 45.9 Å². The number of carbonyl (C=O) groups excluding carboxylic acids is 1. The van der Waals surface area contributed by atoms with Gasteiger partial charge in [-0.3, -0.25) is 9.69 Å². The molecule has 0 aliphatic carbocycles. The minimum atomic E-state index is 0.0992. The van der Waals surface area contributed by atoms with Crippen LogP contribution < -0.4 is 10.6 Å². The number of carbonyl (C=O) groups is 1. The first-order valence-electron chi connectivity index (χ1n) is 15.3. The fourth-order valence-electron chi connectivity index (χ4n) is 3.32. The minimum Gasteiger partial charge on any atom is -0.381 e. The second-order valence-electron chi connectivity index (χ2n) is 9.69. The number of nitrogens with zero attached hydrogens (tertiary/aromatic N) is 2. The van der Waals surface area contributed by atoms with Gasteiger partial charge in [0.1, 0.15) is 0 Å². The molecule has 1 aliphatic heterocycles. The molecule has 1 rings (SSSR count). The second kappa shape index (κ2) is 31.4. The Bertz CT molecular complexity index is 599. The maximum Gasteiger partial charge on any atom is 0.248 e. The van der Waals surface area contributed by atoms with Gasteiger partial charge < -0.3 is 20.3 Å². The van der Waals surface area contributed by atoms with Crippen LogP contribution in [0.3, 0.4) is 0 Å². The summed E-state index contributed by atoms with van der Waals surface area (Å²) in [4.78, 5) is 15.9. The molecule has 1 saturated heterocycles. The maximum atomic E-state index is 12.1. The Morgan fingerprint density at radius 1 is 1.08 bits per heavy atom. The summed E-state index contributed by atoms with van der Waals surface area (Å²) in [6.07, 6.45) is 5.74. The smallest absolute Gasteiger partial charge is 0.248 e. The van der Waals surface area contributed by atoms with E-state index in [9.17, 15) is 4.79 Å². The summed E-state index contributed by atoms with van der Waals surface area (Å²) in [5.74, 6) is 0.863. The number of likely N-dealkylation sites (N-methyl/N-ethyl adjacent to an activating group) is 2. The predicted molar refractivity (Wildman–Crippen MR) is 183 cm³/mol. The molecular weight excluding hydrogens is 525 g/mol. The highest BCUT2D eigenvalue weighted by Gasteiger charge is 2.35. The van der Waals surface area contributed by atoms with Gasteiger partial charge in [-0.25, -0.2) is 0 Å². The molecular formula is C31H66N4O2S2. The van der Waals surface area contributed by atoms with Crippen LogP contribution >= 0.6 is 24.4 Å². The van der Waals surface area contributed by atoms with E-state index in [1.54, 1.807) is 4.90 Å². The van der Waals surface area contributed by atoms with Crippen LogP contribution in [0.4, 0.5) is 0 Å². The molecule has 1 heterocycles. The summed E-state index contributed by atoms with van der Waals surface area (Å²) >= 11 is 9.99. The lowest BCUT2D eigenvalue weighted by molar-refractivity contribution is -0.126. The minimum absolute atomic E-state index is 0.0992. The van der Waals surface area contributed by atoms with Crippen molar-refractivity contribution in [1.29, 1.82) is 0 Å². The van der Waals surface area contributed by atoms with Gasteiger partial charge in [0.25, 0.3) is 0 Å². The van der Waals surface area contributed by atoms with Crippen LogP contribution in [0, 0.1) is 11.3 Å². The second-order valence-corrected chi connectivity index (χ2v) is 10.3. The van der Waals surface area contributed by atoms with E-state index in [0.29, 0.717) is 17.6 Å². The van der Waals surface area contributed by atoms with Crippen LogP contribution in [0.1, 0.15) is 115 Å². The van der Waals surface area contributed by atoms with Crippen molar-refractivity contribution in [2.45, 2.75) is 115 Å². The summed E-state index contributed by atoms with van der Waals surface area (Å²) in [6.45, 7) is 34.2. The van der Waals surface area contributed by atoms with Gasteiger partial charge in [0.05, 0.1) is 12.0 Å². The van der Waals surface area contributed by atoms with Crippen molar-refractivity contribution in [2.24, 2.45) is 11.3 Å². The molecule has 0 aromatic rings. The Morgan fingerprint density at radius 3 is 2.13 bits per heavy atom. The zero-order chi connectivity index (χ0) is 31.3. The van der Waals surface area contributed by atoms with Crippen molar-refractivity contribution in [1.82, 2.24) is 20.4 Å². The largest absolute Gasteiger partial charge is 0.381 e. The number of ether oxygens (including phenoxy) is 1. The van der Waals surface area contributed by atoms with E-state index in [2.05, 4.69) is 57.1 Å². The zero-order valence-corrected chi connectivity index (χ0v) is 29.5. The molecule has 0 saturated carbocycles. The highest BCUT2D eigenvalue weighted by molar-refractivity contribution is 7.80. The van der Waals surface area contributed by atoms with E-state index < -0.39 is 0 Å². The zero-order valence-electron chi connectivity index (χ0n) is 27.9. The Kier molecular flexibility index (Phi) is 36.2. The number of thiocarbonyl (C=S) groups is 2. The van der Waals surface area contributed by atoms with Crippen molar-refractivity contribution in [3.8, 4) is 0 Å². The average Bonchev–Trinajstić information content (AvgIpc) is 3.20. The van der Waals surface area contributed by atoms with E-state index in [-0.39, 0.29) is 11.3 Å². The highest BCUT2D eigenvalue weighted by atomic mass is 32.1. The van der Waals surface area contributed by atoms with E-state index in [1.165, 1.54) is 18.3 Å². The molecule has 234 valence electrons. The summed E-state index contributed by atoms with van der Waals surface area (Å²) in [7, 11) is 0. The number of rotatable bonds is 17. The van der Waals surface area contributed by atoms with Crippen molar-refractivity contribution < 1.29 is 9.53 Å². The molecule has 1 fully saturated rings. The Balaban J connectivity index is -0.000000341. The SMILES string of the molecule is C=C(CNCC)NC=S.CC.CC.CC.CCN1CC(=O)N(CC(C)(C)CCCCCOCCC(C)C)C1=S. The third-order valence-electron chi connectivity index (χ3n) is 5.43. The first-order chi connectivity index (χ1) is 18.6. The molecule has 0 radical (unpaired) electrons. The number of unbranched alkanes of at least 4 members (excludes halogenated alkanes) is 2. The summed E-state index contributed by atoms with van der Waals surface area (Å²) in [5.41, 5.74) is 2.47. The van der Waals surface area contributed by atoms with Gasteiger partial charge in [0, 0.05) is 38.5 Å². The van der Waals surface area contributed by atoms with Crippen LogP contribution in [0.15, 0.2) is 12.3 Å². The molecule has 6 nitrogen and oxygen atoms in total. The summed E-state index contributed by atoms with van der Waals surface area (Å²) in [5, 5.41) is 6.62. The molecule has 0 unspecified atom stereocenters. The third kappa shape index (κ3) is 26.9. The molecule has 1 aliphatic rings. The normalized spacial score (nSPS) is 12.2. The molecule has 1 amide bonds. The van der Waals surface area contributed by atoms with Gasteiger partial charge in [0.15, 0.2) is 5.11 Å². The molecule has 0 aromatic carbocycles. The standard InChI is InChI=1S/C19H36N2O2S.C6H12N2S.3C2H6/c1-6-20-14-17(22)21(18(20)24)15-19(4,5)11-8-7-9-12-23-13-10-16(2)3;1-3-7-4-6(2)8-5-9;3*1-2/h16H,6-15H2,1-5H3;5,7H,2-4H2,1H3,(H,8,9);3*1-2H3. The van der Waals surface area contributed by atoms with Crippen LogP contribution in [-0.4, -0.2) is 72.2 Å². The summed E-state index contributed by atoms with van der Waals surface area (Å²) < 4.78 is 5.66. The summed E-state index contributed by atoms with van der Waals surface area (Å²) in [6, 6.07) is 0. The van der Waals surface area contributed by atoms with Gasteiger partial charge in [-0.2, -0.15) is 0 Å². The van der Waals surface area contributed by atoms with Gasteiger partial charge in [0.2, 0.25) is 5.91 Å². The molecule has 8 heteroatoms. The van der Waals surface area contributed by atoms with Crippen molar-refractivity contribution in [3.05, 3.63) is 12.3 Å². The lowest BCUT2D eigenvalue weighted by atomic mass is 9.86. The van der Waals surface area contributed by atoms with E-state index in [1.807, 2.05) is 60.3 Å². The molecule has 39 heavy (non-hydrogen) atoms. The Labute approximate surface area is 255 Å². The number of nitrogens with one attached hydrogen (secondary N) is 2. The fraction of sp³-hybridized carbons (Fsp3) is 0.839. The molecule has 0 bridgehead atoms. The van der Waals surface area contributed by atoms with Gasteiger partial charge in [-0.15, -0.1) is 0 Å². The molecule has 0 atom stereocenters. The van der Waals surface area contributed by atoms with E-state index in [0.717, 1.165) is 64.4 Å². The fourth-order valence-corrected chi connectivity index (χ4v) is 3.85. The van der Waals surface area contributed by atoms with Crippen LogP contribution in [0.5, 0.6) is 0 Å². The van der Waals surface area contributed by atoms with Crippen LogP contribution in [0.2, 0.25) is 0 Å². The van der Waals surface area contributed by atoms with Crippen molar-refractivity contribution >= 4 is 40.9 Å². The number of amides is 1. The van der Waals surface area contributed by atoms with Crippen molar-refractivity contribution in [3.63, 3.8) is 0 Å². The lowest BCUT2D eigenvalue weighted by Crippen LogP contribution is -2.39.